The summed E-state index contributed by atoms with van der Waals surface area (Å²) in [6.07, 6.45) is 0.777. The molecular weight excluding hydrogens is 435 g/mol. The van der Waals surface area contributed by atoms with Crippen molar-refractivity contribution in [3.05, 3.63) is 58.9 Å². The number of rotatable bonds is 6. The maximum atomic E-state index is 13.7. The monoisotopic (exact) mass is 454 g/mol. The first-order chi connectivity index (χ1) is 14.2. The van der Waals surface area contributed by atoms with E-state index in [4.69, 9.17) is 16.3 Å². The summed E-state index contributed by atoms with van der Waals surface area (Å²) in [6, 6.07) is 8.95. The summed E-state index contributed by atoms with van der Waals surface area (Å²) in [7, 11) is -3.88. The topological polar surface area (TPSA) is 92.8 Å². The van der Waals surface area contributed by atoms with Crippen molar-refractivity contribution in [1.82, 2.24) is 4.31 Å². The van der Waals surface area contributed by atoms with Crippen molar-refractivity contribution in [3.63, 3.8) is 0 Å². The molecule has 0 bridgehead atoms. The summed E-state index contributed by atoms with van der Waals surface area (Å²) in [5.74, 6) is -2.29. The van der Waals surface area contributed by atoms with Gasteiger partial charge in [0, 0.05) is 11.6 Å². The average molecular weight is 455 g/mol. The van der Waals surface area contributed by atoms with Crippen LogP contribution < -0.4 is 5.32 Å². The Balaban J connectivity index is 1.63. The lowest BCUT2D eigenvalue weighted by atomic mass is 10.2. The average Bonchev–Trinajstić information content (AvgIpc) is 3.20. The molecule has 1 fully saturated rings. The molecule has 1 aliphatic heterocycles. The van der Waals surface area contributed by atoms with Gasteiger partial charge in [-0.15, -0.1) is 0 Å². The Morgan fingerprint density at radius 1 is 1.23 bits per heavy atom. The molecule has 30 heavy (non-hydrogen) atoms. The smallest absolute Gasteiger partial charge is 0.324 e. The summed E-state index contributed by atoms with van der Waals surface area (Å²) in [5, 5.41) is 2.49. The normalized spacial score (nSPS) is 17.0. The SMILES string of the molecule is Cc1ccc(S(=O)(=O)N2CCC[C@H]2C(=O)OCC(=O)Nc2cc(Cl)ccc2F)cc1. The third-order valence-corrected chi connectivity index (χ3v) is 6.81. The van der Waals surface area contributed by atoms with Crippen LogP contribution in [0.4, 0.5) is 10.1 Å². The van der Waals surface area contributed by atoms with E-state index < -0.39 is 40.4 Å². The Morgan fingerprint density at radius 2 is 1.93 bits per heavy atom. The van der Waals surface area contributed by atoms with Crippen LogP contribution in [0, 0.1) is 12.7 Å². The first-order valence-electron chi connectivity index (χ1n) is 9.18. The van der Waals surface area contributed by atoms with Crippen LogP contribution in [0.25, 0.3) is 0 Å². The highest BCUT2D eigenvalue weighted by molar-refractivity contribution is 7.89. The number of hydrogen-bond donors (Lipinski definition) is 1. The van der Waals surface area contributed by atoms with Gasteiger partial charge >= 0.3 is 5.97 Å². The fraction of sp³-hybridized carbons (Fsp3) is 0.300. The molecule has 1 aliphatic rings. The maximum absolute atomic E-state index is 13.7. The molecule has 2 aromatic rings. The lowest BCUT2D eigenvalue weighted by Crippen LogP contribution is -2.42. The molecule has 1 N–H and O–H groups in total. The van der Waals surface area contributed by atoms with Crippen LogP contribution in [0.2, 0.25) is 5.02 Å². The van der Waals surface area contributed by atoms with E-state index in [0.717, 1.165) is 15.9 Å². The van der Waals surface area contributed by atoms with Crippen LogP contribution in [0.15, 0.2) is 47.4 Å². The number of aryl methyl sites for hydroxylation is 1. The number of anilines is 1. The number of nitrogens with zero attached hydrogens (tertiary/aromatic N) is 1. The van der Waals surface area contributed by atoms with Gasteiger partial charge in [-0.2, -0.15) is 4.31 Å². The van der Waals surface area contributed by atoms with Gasteiger partial charge in [0.05, 0.1) is 10.6 Å². The molecule has 7 nitrogen and oxygen atoms in total. The Labute approximate surface area is 178 Å². The highest BCUT2D eigenvalue weighted by Gasteiger charge is 2.40. The molecule has 0 spiro atoms. The minimum Gasteiger partial charge on any atom is -0.454 e. The van der Waals surface area contributed by atoms with Crippen LogP contribution in [0.3, 0.4) is 0 Å². The van der Waals surface area contributed by atoms with Crippen molar-refractivity contribution in [2.75, 3.05) is 18.5 Å². The zero-order valence-corrected chi connectivity index (χ0v) is 17.7. The number of nitrogens with one attached hydrogen (secondary N) is 1. The number of carbonyl (C=O) groups is 2. The molecule has 160 valence electrons. The van der Waals surface area contributed by atoms with Crippen molar-refractivity contribution < 1.29 is 27.1 Å². The standard InChI is InChI=1S/C20H20ClFN2O5S/c1-13-4-7-15(8-5-13)30(27,28)24-10-2-3-18(24)20(26)29-12-19(25)23-17-11-14(21)6-9-16(17)22/h4-9,11,18H,2-3,10,12H2,1H3,(H,23,25)/t18-/m0/s1. The Bertz CT molecular complexity index is 1060. The zero-order chi connectivity index (χ0) is 21.9. The fourth-order valence-electron chi connectivity index (χ4n) is 3.12. The molecule has 0 radical (unpaired) electrons. The fourth-order valence-corrected chi connectivity index (χ4v) is 4.94. The molecule has 1 atom stereocenters. The molecule has 10 heteroatoms. The number of carbonyl (C=O) groups excluding carboxylic acids is 2. The van der Waals surface area contributed by atoms with Gasteiger partial charge in [0.1, 0.15) is 11.9 Å². The molecule has 0 aromatic heterocycles. The Morgan fingerprint density at radius 3 is 2.63 bits per heavy atom. The summed E-state index contributed by atoms with van der Waals surface area (Å²) in [5.41, 5.74) is 0.765. The minimum atomic E-state index is -3.88. The number of sulfonamides is 1. The maximum Gasteiger partial charge on any atom is 0.324 e. The second-order valence-electron chi connectivity index (χ2n) is 6.87. The summed E-state index contributed by atoms with van der Waals surface area (Å²) in [6.45, 7) is 1.34. The van der Waals surface area contributed by atoms with Gasteiger partial charge in [0.15, 0.2) is 6.61 Å². The van der Waals surface area contributed by atoms with E-state index >= 15 is 0 Å². The van der Waals surface area contributed by atoms with E-state index in [1.807, 2.05) is 6.92 Å². The number of amides is 1. The van der Waals surface area contributed by atoms with Crippen LogP contribution >= 0.6 is 11.6 Å². The molecule has 0 aliphatic carbocycles. The highest BCUT2D eigenvalue weighted by atomic mass is 35.5. The molecule has 2 aromatic carbocycles. The zero-order valence-electron chi connectivity index (χ0n) is 16.1. The number of esters is 1. The van der Waals surface area contributed by atoms with Gasteiger partial charge in [-0.3, -0.25) is 9.59 Å². The third kappa shape index (κ3) is 4.97. The quantitative estimate of drug-likeness (QED) is 0.677. The lowest BCUT2D eigenvalue weighted by molar-refractivity contribution is -0.150. The van der Waals surface area contributed by atoms with Gasteiger partial charge < -0.3 is 10.1 Å². The third-order valence-electron chi connectivity index (χ3n) is 4.65. The van der Waals surface area contributed by atoms with Crippen LogP contribution in [0.1, 0.15) is 18.4 Å². The van der Waals surface area contributed by atoms with Gasteiger partial charge in [-0.1, -0.05) is 29.3 Å². The van der Waals surface area contributed by atoms with Crippen LogP contribution in [-0.4, -0.2) is 43.8 Å². The van der Waals surface area contributed by atoms with Crippen molar-refractivity contribution in [3.8, 4) is 0 Å². The molecule has 1 amide bonds. The highest BCUT2D eigenvalue weighted by Crippen LogP contribution is 2.27. The van der Waals surface area contributed by atoms with E-state index in [2.05, 4.69) is 5.32 Å². The summed E-state index contributed by atoms with van der Waals surface area (Å²) >= 11 is 5.77. The lowest BCUT2D eigenvalue weighted by Gasteiger charge is -2.22. The largest absolute Gasteiger partial charge is 0.454 e. The van der Waals surface area contributed by atoms with Crippen molar-refractivity contribution in [1.29, 1.82) is 0 Å². The minimum absolute atomic E-state index is 0.0852. The number of ether oxygens (including phenoxy) is 1. The van der Waals surface area contributed by atoms with Gasteiger partial charge in [-0.05, 0) is 50.1 Å². The molecular formula is C20H20ClFN2O5S. The Hall–Kier alpha value is -2.49. The molecule has 0 saturated carbocycles. The summed E-state index contributed by atoms with van der Waals surface area (Å²) < 4.78 is 45.6. The molecule has 1 heterocycles. The predicted octanol–water partition coefficient (Wildman–Crippen LogP) is 3.12. The van der Waals surface area contributed by atoms with E-state index in [1.54, 1.807) is 12.1 Å². The van der Waals surface area contributed by atoms with Gasteiger partial charge in [-0.25, -0.2) is 12.8 Å². The van der Waals surface area contributed by atoms with E-state index in [-0.39, 0.29) is 28.6 Å². The van der Waals surface area contributed by atoms with Crippen LogP contribution in [-0.2, 0) is 24.3 Å². The second kappa shape index (κ2) is 9.11. The van der Waals surface area contributed by atoms with E-state index in [9.17, 15) is 22.4 Å². The predicted molar refractivity (Wildman–Crippen MR) is 109 cm³/mol. The van der Waals surface area contributed by atoms with Gasteiger partial charge in [0.25, 0.3) is 5.91 Å². The molecule has 3 rings (SSSR count). The van der Waals surface area contributed by atoms with Crippen LogP contribution in [0.5, 0.6) is 0 Å². The van der Waals surface area contributed by atoms with Crippen molar-refractivity contribution >= 4 is 39.2 Å². The van der Waals surface area contributed by atoms with Gasteiger partial charge in [0.2, 0.25) is 10.0 Å². The second-order valence-corrected chi connectivity index (χ2v) is 9.19. The first kappa shape index (κ1) is 22.2. The van der Waals surface area contributed by atoms with E-state index in [1.165, 1.54) is 24.3 Å². The number of benzene rings is 2. The first-order valence-corrected chi connectivity index (χ1v) is 11.0. The van der Waals surface area contributed by atoms with E-state index in [0.29, 0.717) is 6.42 Å². The number of halogens is 2. The number of hydrogen-bond acceptors (Lipinski definition) is 5. The summed E-state index contributed by atoms with van der Waals surface area (Å²) in [4.78, 5) is 24.5. The van der Waals surface area contributed by atoms with Crippen molar-refractivity contribution in [2.24, 2.45) is 0 Å². The Kier molecular flexibility index (Phi) is 6.74. The molecule has 1 saturated heterocycles. The molecule has 0 unspecified atom stereocenters. The van der Waals surface area contributed by atoms with Crippen molar-refractivity contribution in [2.45, 2.75) is 30.7 Å².